The Balaban J connectivity index is 2.11. The fraction of sp³-hybridized carbons (Fsp3) is 0.333. The minimum Gasteiger partial charge on any atom is -0.489 e. The standard InChI is InChI=1S/C15H18O2/c1-11(2)14-5-4-12(3)15(8-14)17-10-13-6-7-16-9-13/h4-9,11H,10H2,1-3H3. The molecule has 0 aliphatic carbocycles. The summed E-state index contributed by atoms with van der Waals surface area (Å²) in [6, 6.07) is 8.31. The molecule has 0 saturated carbocycles. The van der Waals surface area contributed by atoms with E-state index in [1.807, 2.05) is 6.07 Å². The molecule has 0 unspecified atom stereocenters. The maximum absolute atomic E-state index is 5.81. The first kappa shape index (κ1) is 11.8. The molecule has 0 saturated heterocycles. The van der Waals surface area contributed by atoms with Crippen LogP contribution in [0.1, 0.15) is 36.5 Å². The molecule has 0 aliphatic rings. The molecule has 0 N–H and O–H groups in total. The molecule has 0 radical (unpaired) electrons. The van der Waals surface area contributed by atoms with Crippen LogP contribution in [-0.2, 0) is 6.61 Å². The summed E-state index contributed by atoms with van der Waals surface area (Å²) in [5.41, 5.74) is 3.52. The van der Waals surface area contributed by atoms with Crippen molar-refractivity contribution in [2.24, 2.45) is 0 Å². The van der Waals surface area contributed by atoms with Gasteiger partial charge >= 0.3 is 0 Å². The number of rotatable bonds is 4. The zero-order valence-electron chi connectivity index (χ0n) is 10.6. The van der Waals surface area contributed by atoms with E-state index in [9.17, 15) is 0 Å². The van der Waals surface area contributed by atoms with Gasteiger partial charge < -0.3 is 9.15 Å². The van der Waals surface area contributed by atoms with Crippen molar-refractivity contribution in [3.63, 3.8) is 0 Å². The van der Waals surface area contributed by atoms with Crippen LogP contribution < -0.4 is 4.74 Å². The van der Waals surface area contributed by atoms with Gasteiger partial charge in [-0.25, -0.2) is 0 Å². The predicted molar refractivity (Wildman–Crippen MR) is 68.3 cm³/mol. The van der Waals surface area contributed by atoms with Gasteiger partial charge in [0.05, 0.1) is 12.5 Å². The van der Waals surface area contributed by atoms with Crippen molar-refractivity contribution >= 4 is 0 Å². The molecule has 0 spiro atoms. The molecule has 2 rings (SSSR count). The van der Waals surface area contributed by atoms with E-state index < -0.39 is 0 Å². The van der Waals surface area contributed by atoms with Gasteiger partial charge in [-0.15, -0.1) is 0 Å². The van der Waals surface area contributed by atoms with E-state index in [0.29, 0.717) is 12.5 Å². The van der Waals surface area contributed by atoms with Gasteiger partial charge in [-0.1, -0.05) is 26.0 Å². The van der Waals surface area contributed by atoms with Crippen molar-refractivity contribution < 1.29 is 9.15 Å². The normalized spacial score (nSPS) is 10.8. The van der Waals surface area contributed by atoms with E-state index in [-0.39, 0.29) is 0 Å². The molecule has 17 heavy (non-hydrogen) atoms. The van der Waals surface area contributed by atoms with Crippen molar-refractivity contribution in [2.45, 2.75) is 33.3 Å². The first-order chi connectivity index (χ1) is 8.16. The van der Waals surface area contributed by atoms with Gasteiger partial charge in [0.25, 0.3) is 0 Å². The zero-order chi connectivity index (χ0) is 12.3. The summed E-state index contributed by atoms with van der Waals surface area (Å²) in [6.45, 7) is 6.99. The fourth-order valence-corrected chi connectivity index (χ4v) is 1.67. The van der Waals surface area contributed by atoms with E-state index in [1.165, 1.54) is 5.56 Å². The molecule has 1 aromatic carbocycles. The molecule has 2 aromatic rings. The molecule has 0 fully saturated rings. The summed E-state index contributed by atoms with van der Waals surface area (Å²) in [6.07, 6.45) is 3.37. The predicted octanol–water partition coefficient (Wildman–Crippen LogP) is 4.29. The highest BCUT2D eigenvalue weighted by Gasteiger charge is 2.05. The molecule has 0 bridgehead atoms. The van der Waals surface area contributed by atoms with E-state index in [1.54, 1.807) is 12.5 Å². The number of benzene rings is 1. The Labute approximate surface area is 102 Å². The number of furan rings is 1. The second kappa shape index (κ2) is 5.09. The highest BCUT2D eigenvalue weighted by Crippen LogP contribution is 2.25. The molecule has 0 amide bonds. The summed E-state index contributed by atoms with van der Waals surface area (Å²) < 4.78 is 10.8. The Morgan fingerprint density at radius 1 is 1.24 bits per heavy atom. The lowest BCUT2D eigenvalue weighted by atomic mass is 10.0. The molecule has 0 aliphatic heterocycles. The van der Waals surface area contributed by atoms with Crippen molar-refractivity contribution in [1.82, 2.24) is 0 Å². The lowest BCUT2D eigenvalue weighted by Crippen LogP contribution is -1.97. The lowest BCUT2D eigenvalue weighted by molar-refractivity contribution is 0.302. The summed E-state index contributed by atoms with van der Waals surface area (Å²) >= 11 is 0. The lowest BCUT2D eigenvalue weighted by Gasteiger charge is -2.12. The van der Waals surface area contributed by atoms with E-state index in [0.717, 1.165) is 16.9 Å². The van der Waals surface area contributed by atoms with Crippen LogP contribution in [0.4, 0.5) is 0 Å². The maximum Gasteiger partial charge on any atom is 0.123 e. The first-order valence-electron chi connectivity index (χ1n) is 5.91. The summed E-state index contributed by atoms with van der Waals surface area (Å²) in [5.74, 6) is 1.48. The molecular formula is C15H18O2. The van der Waals surface area contributed by atoms with Crippen LogP contribution in [0.3, 0.4) is 0 Å². The van der Waals surface area contributed by atoms with Crippen molar-refractivity contribution in [1.29, 1.82) is 0 Å². The Kier molecular flexibility index (Phi) is 3.52. The van der Waals surface area contributed by atoms with Gasteiger partial charge in [-0.2, -0.15) is 0 Å². The first-order valence-corrected chi connectivity index (χ1v) is 5.91. The highest BCUT2D eigenvalue weighted by atomic mass is 16.5. The average molecular weight is 230 g/mol. The number of hydrogen-bond acceptors (Lipinski definition) is 2. The summed E-state index contributed by atoms with van der Waals surface area (Å²) in [4.78, 5) is 0. The van der Waals surface area contributed by atoms with E-state index >= 15 is 0 Å². The highest BCUT2D eigenvalue weighted by molar-refractivity contribution is 5.37. The van der Waals surface area contributed by atoms with Gasteiger partial charge in [-0.05, 0) is 36.1 Å². The van der Waals surface area contributed by atoms with Crippen LogP contribution in [0.15, 0.2) is 41.2 Å². The van der Waals surface area contributed by atoms with Crippen molar-refractivity contribution in [3.8, 4) is 5.75 Å². The monoisotopic (exact) mass is 230 g/mol. The molecule has 2 heteroatoms. The number of ether oxygens (including phenoxy) is 1. The van der Waals surface area contributed by atoms with Gasteiger partial charge in [0.2, 0.25) is 0 Å². The van der Waals surface area contributed by atoms with Crippen LogP contribution in [0.5, 0.6) is 5.75 Å². The summed E-state index contributed by atoms with van der Waals surface area (Å²) in [5, 5.41) is 0. The second-order valence-electron chi connectivity index (χ2n) is 4.60. The van der Waals surface area contributed by atoms with E-state index in [2.05, 4.69) is 39.0 Å². The van der Waals surface area contributed by atoms with Gasteiger partial charge in [0.1, 0.15) is 12.4 Å². The van der Waals surface area contributed by atoms with Crippen molar-refractivity contribution in [3.05, 3.63) is 53.5 Å². The average Bonchev–Trinajstić information content (AvgIpc) is 2.80. The Morgan fingerprint density at radius 2 is 2.06 bits per heavy atom. The molecule has 90 valence electrons. The Morgan fingerprint density at radius 3 is 2.71 bits per heavy atom. The number of aryl methyl sites for hydroxylation is 1. The minimum absolute atomic E-state index is 0.520. The molecule has 1 heterocycles. The van der Waals surface area contributed by atoms with E-state index in [4.69, 9.17) is 9.15 Å². The number of hydrogen-bond donors (Lipinski definition) is 0. The van der Waals surface area contributed by atoms with Crippen LogP contribution in [0, 0.1) is 6.92 Å². The molecule has 2 nitrogen and oxygen atoms in total. The van der Waals surface area contributed by atoms with Crippen LogP contribution >= 0.6 is 0 Å². The van der Waals surface area contributed by atoms with Gasteiger partial charge in [0, 0.05) is 5.56 Å². The molecular weight excluding hydrogens is 212 g/mol. The third-order valence-corrected chi connectivity index (χ3v) is 2.85. The molecule has 0 atom stereocenters. The quantitative estimate of drug-likeness (QED) is 0.781. The Bertz CT molecular complexity index is 470. The fourth-order valence-electron chi connectivity index (χ4n) is 1.67. The maximum atomic E-state index is 5.81. The second-order valence-corrected chi connectivity index (χ2v) is 4.60. The zero-order valence-corrected chi connectivity index (χ0v) is 10.6. The van der Waals surface area contributed by atoms with Crippen LogP contribution in [-0.4, -0.2) is 0 Å². The van der Waals surface area contributed by atoms with Gasteiger partial charge in [-0.3, -0.25) is 0 Å². The third-order valence-electron chi connectivity index (χ3n) is 2.85. The smallest absolute Gasteiger partial charge is 0.123 e. The van der Waals surface area contributed by atoms with Crippen molar-refractivity contribution in [2.75, 3.05) is 0 Å². The SMILES string of the molecule is Cc1ccc(C(C)C)cc1OCc1ccoc1. The largest absolute Gasteiger partial charge is 0.489 e. The topological polar surface area (TPSA) is 22.4 Å². The Hall–Kier alpha value is -1.70. The summed E-state index contributed by atoms with van der Waals surface area (Å²) in [7, 11) is 0. The van der Waals surface area contributed by atoms with Crippen LogP contribution in [0.25, 0.3) is 0 Å². The molecule has 1 aromatic heterocycles. The minimum atomic E-state index is 0.520. The van der Waals surface area contributed by atoms with Crippen LogP contribution in [0.2, 0.25) is 0 Å². The third kappa shape index (κ3) is 2.90. The van der Waals surface area contributed by atoms with Gasteiger partial charge in [0.15, 0.2) is 0 Å².